The Morgan fingerprint density at radius 3 is 1.95 bits per heavy atom. The number of aryl methyl sites for hydroxylation is 1. The smallest absolute Gasteiger partial charge is 0.207 e. The zero-order valence-corrected chi connectivity index (χ0v) is 12.9. The molecule has 3 nitrogen and oxygen atoms in total. The Labute approximate surface area is 116 Å². The van der Waals surface area contributed by atoms with Crippen molar-refractivity contribution in [3.8, 4) is 12.3 Å². The molecule has 0 aliphatic heterocycles. The first-order chi connectivity index (χ1) is 8.52. The number of nitrogens with one attached hydrogen (secondary N) is 1. The van der Waals surface area contributed by atoms with Crippen molar-refractivity contribution in [1.82, 2.24) is 4.72 Å². The highest BCUT2D eigenvalue weighted by Crippen LogP contribution is 2.31. The van der Waals surface area contributed by atoms with E-state index in [0.717, 1.165) is 5.56 Å². The molecule has 1 aromatic carbocycles. The van der Waals surface area contributed by atoms with Gasteiger partial charge in [-0.25, -0.2) is 8.42 Å². The summed E-state index contributed by atoms with van der Waals surface area (Å²) >= 11 is 0. The van der Waals surface area contributed by atoms with E-state index in [9.17, 15) is 8.42 Å². The van der Waals surface area contributed by atoms with Gasteiger partial charge in [0.05, 0.1) is 10.4 Å². The lowest BCUT2D eigenvalue weighted by atomic mass is 9.76. The number of terminal acetylenes is 1. The lowest BCUT2D eigenvalue weighted by molar-refractivity contribution is 0.250. The van der Waals surface area contributed by atoms with E-state index in [2.05, 4.69) is 10.6 Å². The van der Waals surface area contributed by atoms with Crippen LogP contribution in [-0.4, -0.2) is 14.0 Å². The fraction of sp³-hybridized carbons (Fsp3) is 0.467. The van der Waals surface area contributed by atoms with E-state index in [0.29, 0.717) is 0 Å². The molecule has 4 heteroatoms. The predicted molar refractivity (Wildman–Crippen MR) is 78.2 cm³/mol. The van der Waals surface area contributed by atoms with Crippen LogP contribution in [-0.2, 0) is 10.0 Å². The number of hydrogen-bond acceptors (Lipinski definition) is 2. The minimum Gasteiger partial charge on any atom is -0.207 e. The highest BCUT2D eigenvalue weighted by molar-refractivity contribution is 7.89. The van der Waals surface area contributed by atoms with Crippen LogP contribution in [0, 0.1) is 24.7 Å². The highest BCUT2D eigenvalue weighted by Gasteiger charge is 2.39. The molecule has 0 radical (unpaired) electrons. The molecule has 1 N–H and O–H groups in total. The predicted octanol–water partition coefficient (Wildman–Crippen LogP) is 2.71. The molecule has 0 aromatic heterocycles. The van der Waals surface area contributed by atoms with Crippen LogP contribution in [0.5, 0.6) is 0 Å². The SMILES string of the molecule is C#CC(C)(NS(=O)(=O)c1ccc(C)cc1)C(C)(C)C. The largest absolute Gasteiger partial charge is 0.241 e. The molecule has 0 heterocycles. The molecule has 0 aliphatic carbocycles. The second-order valence-electron chi connectivity index (χ2n) is 5.94. The summed E-state index contributed by atoms with van der Waals surface area (Å²) in [6, 6.07) is 6.69. The van der Waals surface area contributed by atoms with E-state index >= 15 is 0 Å². The van der Waals surface area contributed by atoms with Gasteiger partial charge in [-0.05, 0) is 31.4 Å². The summed E-state index contributed by atoms with van der Waals surface area (Å²) < 4.78 is 27.3. The molecule has 1 rings (SSSR count). The molecule has 1 aromatic rings. The maximum absolute atomic E-state index is 12.4. The Kier molecular flexibility index (Phi) is 4.14. The molecule has 0 spiro atoms. The van der Waals surface area contributed by atoms with Crippen LogP contribution in [0.1, 0.15) is 33.3 Å². The third kappa shape index (κ3) is 3.37. The van der Waals surface area contributed by atoms with Gasteiger partial charge in [0.25, 0.3) is 0 Å². The standard InChI is InChI=1S/C15H21NO2S/c1-7-15(6,14(3,4)5)16-19(17,18)13-10-8-12(2)9-11-13/h1,8-11,16H,2-6H3. The van der Waals surface area contributed by atoms with Crippen molar-refractivity contribution in [1.29, 1.82) is 0 Å². The highest BCUT2D eigenvalue weighted by atomic mass is 32.2. The summed E-state index contributed by atoms with van der Waals surface area (Å²) in [7, 11) is -3.62. The molecule has 0 amide bonds. The maximum atomic E-state index is 12.4. The maximum Gasteiger partial charge on any atom is 0.241 e. The monoisotopic (exact) mass is 279 g/mol. The van der Waals surface area contributed by atoms with Gasteiger partial charge in [-0.1, -0.05) is 44.4 Å². The van der Waals surface area contributed by atoms with Crippen LogP contribution in [0.4, 0.5) is 0 Å². The zero-order chi connectivity index (χ0) is 14.9. The molecule has 19 heavy (non-hydrogen) atoms. The van der Waals surface area contributed by atoms with Crippen molar-refractivity contribution in [3.05, 3.63) is 29.8 Å². The van der Waals surface area contributed by atoms with E-state index in [1.54, 1.807) is 31.2 Å². The van der Waals surface area contributed by atoms with Crippen LogP contribution in [0.15, 0.2) is 29.2 Å². The average molecular weight is 279 g/mol. The number of benzene rings is 1. The van der Waals surface area contributed by atoms with Crippen LogP contribution in [0.3, 0.4) is 0 Å². The molecular formula is C15H21NO2S. The molecule has 0 aliphatic rings. The lowest BCUT2D eigenvalue weighted by Gasteiger charge is -2.37. The van der Waals surface area contributed by atoms with E-state index in [-0.39, 0.29) is 10.3 Å². The van der Waals surface area contributed by atoms with Crippen molar-refractivity contribution in [2.75, 3.05) is 0 Å². The van der Waals surface area contributed by atoms with Gasteiger partial charge < -0.3 is 0 Å². The van der Waals surface area contributed by atoms with Crippen LogP contribution in [0.25, 0.3) is 0 Å². The Balaban J connectivity index is 3.17. The molecule has 1 atom stereocenters. The van der Waals surface area contributed by atoms with Crippen molar-refractivity contribution in [2.24, 2.45) is 5.41 Å². The van der Waals surface area contributed by atoms with Gasteiger partial charge >= 0.3 is 0 Å². The minimum absolute atomic E-state index is 0.226. The van der Waals surface area contributed by atoms with Crippen molar-refractivity contribution in [3.63, 3.8) is 0 Å². The van der Waals surface area contributed by atoms with Gasteiger partial charge in [0.15, 0.2) is 0 Å². The summed E-state index contributed by atoms with van der Waals surface area (Å²) in [6.45, 7) is 9.35. The summed E-state index contributed by atoms with van der Waals surface area (Å²) in [5, 5.41) is 0. The molecule has 0 saturated heterocycles. The van der Waals surface area contributed by atoms with E-state index in [1.165, 1.54) is 0 Å². The fourth-order valence-electron chi connectivity index (χ4n) is 1.44. The number of sulfonamides is 1. The molecule has 104 valence electrons. The first kappa shape index (κ1) is 15.7. The molecule has 0 fully saturated rings. The molecule has 1 unspecified atom stereocenters. The Hall–Kier alpha value is -1.31. The van der Waals surface area contributed by atoms with Gasteiger partial charge in [0.2, 0.25) is 10.0 Å². The Bertz CT molecular complexity index is 589. The average Bonchev–Trinajstić information content (AvgIpc) is 2.27. The van der Waals surface area contributed by atoms with Crippen molar-refractivity contribution < 1.29 is 8.42 Å². The van der Waals surface area contributed by atoms with Crippen LogP contribution < -0.4 is 4.72 Å². The zero-order valence-electron chi connectivity index (χ0n) is 12.1. The Morgan fingerprint density at radius 2 is 1.58 bits per heavy atom. The van der Waals surface area contributed by atoms with E-state index in [4.69, 9.17) is 6.42 Å². The Morgan fingerprint density at radius 1 is 1.11 bits per heavy atom. The molecular weight excluding hydrogens is 258 g/mol. The fourth-order valence-corrected chi connectivity index (χ4v) is 2.96. The summed E-state index contributed by atoms with van der Waals surface area (Å²) in [4.78, 5) is 0.226. The van der Waals surface area contributed by atoms with Gasteiger partial charge in [0.1, 0.15) is 0 Å². The van der Waals surface area contributed by atoms with E-state index in [1.807, 2.05) is 27.7 Å². The van der Waals surface area contributed by atoms with E-state index < -0.39 is 15.6 Å². The van der Waals surface area contributed by atoms with Crippen LogP contribution in [0.2, 0.25) is 0 Å². The first-order valence-electron chi connectivity index (χ1n) is 6.10. The summed E-state index contributed by atoms with van der Waals surface area (Å²) in [5.74, 6) is 2.57. The normalized spacial score (nSPS) is 15.6. The van der Waals surface area contributed by atoms with Crippen molar-refractivity contribution in [2.45, 2.75) is 45.1 Å². The van der Waals surface area contributed by atoms with Gasteiger partial charge in [0, 0.05) is 0 Å². The van der Waals surface area contributed by atoms with Crippen LogP contribution >= 0.6 is 0 Å². The van der Waals surface area contributed by atoms with Gasteiger partial charge in [-0.3, -0.25) is 0 Å². The summed E-state index contributed by atoms with van der Waals surface area (Å²) in [6.07, 6.45) is 5.53. The number of rotatable bonds is 3. The third-order valence-corrected chi connectivity index (χ3v) is 5.03. The number of hydrogen-bond donors (Lipinski definition) is 1. The first-order valence-corrected chi connectivity index (χ1v) is 7.58. The topological polar surface area (TPSA) is 46.2 Å². The second kappa shape index (κ2) is 4.99. The van der Waals surface area contributed by atoms with Crippen molar-refractivity contribution >= 4 is 10.0 Å². The molecule has 0 saturated carbocycles. The quantitative estimate of drug-likeness (QED) is 0.865. The second-order valence-corrected chi connectivity index (χ2v) is 7.62. The van der Waals surface area contributed by atoms with Gasteiger partial charge in [-0.15, -0.1) is 6.42 Å². The third-order valence-electron chi connectivity index (χ3n) is 3.46. The molecule has 0 bridgehead atoms. The van der Waals surface area contributed by atoms with Gasteiger partial charge in [-0.2, -0.15) is 4.72 Å². The minimum atomic E-state index is -3.62. The lowest BCUT2D eigenvalue weighted by Crippen LogP contribution is -2.53. The summed E-state index contributed by atoms with van der Waals surface area (Å²) in [5.41, 5.74) is -0.328.